The number of methoxy groups -OCH3 is 1. The van der Waals surface area contributed by atoms with Crippen LogP contribution in [-0.2, 0) is 13.1 Å². The zero-order valence-corrected chi connectivity index (χ0v) is 18.4. The van der Waals surface area contributed by atoms with Crippen LogP contribution in [0.2, 0.25) is 5.02 Å². The number of hydrogen-bond donors (Lipinski definition) is 0. The first kappa shape index (κ1) is 22.0. The van der Waals surface area contributed by atoms with Gasteiger partial charge in [-0.25, -0.2) is 0 Å². The summed E-state index contributed by atoms with van der Waals surface area (Å²) < 4.78 is 7.48. The number of ether oxygens (including phenoxy) is 1. The van der Waals surface area contributed by atoms with Crippen LogP contribution in [0.3, 0.4) is 0 Å². The number of nitrogens with zero attached hydrogens (tertiary/aromatic N) is 2. The Hall–Kier alpha value is -2.72. The van der Waals surface area contributed by atoms with Crippen molar-refractivity contribution in [1.29, 1.82) is 0 Å². The predicted molar refractivity (Wildman–Crippen MR) is 122 cm³/mol. The lowest BCUT2D eigenvalue weighted by molar-refractivity contribution is 0.0736. The van der Waals surface area contributed by atoms with Crippen molar-refractivity contribution in [3.05, 3.63) is 88.7 Å². The number of aromatic nitrogens is 1. The molecule has 5 heteroatoms. The van der Waals surface area contributed by atoms with Crippen LogP contribution in [0.15, 0.2) is 66.9 Å². The number of unbranched alkanes of at least 4 members (excludes halogenated alkanes) is 2. The van der Waals surface area contributed by atoms with E-state index in [4.69, 9.17) is 16.3 Å². The number of hydrogen-bond acceptors (Lipinski definition) is 2. The minimum atomic E-state index is 0.0282. The molecule has 0 aliphatic heterocycles. The topological polar surface area (TPSA) is 34.5 Å². The summed E-state index contributed by atoms with van der Waals surface area (Å²) in [6, 6.07) is 19.4. The molecule has 30 heavy (non-hydrogen) atoms. The maximum atomic E-state index is 13.3. The quantitative estimate of drug-likeness (QED) is 0.372. The summed E-state index contributed by atoms with van der Waals surface area (Å²) in [6.07, 6.45) is 5.26. The van der Waals surface area contributed by atoms with Crippen LogP contribution < -0.4 is 4.74 Å². The molecule has 0 aliphatic carbocycles. The van der Waals surface area contributed by atoms with E-state index in [1.807, 2.05) is 47.4 Å². The van der Waals surface area contributed by atoms with E-state index < -0.39 is 0 Å². The highest BCUT2D eigenvalue weighted by Crippen LogP contribution is 2.18. The van der Waals surface area contributed by atoms with Gasteiger partial charge in [0.05, 0.1) is 13.7 Å². The number of carbonyl (C=O) groups excluding carboxylic acids is 1. The fraction of sp³-hybridized carbons (Fsp3) is 0.320. The molecule has 1 heterocycles. The Kier molecular flexibility index (Phi) is 7.97. The van der Waals surface area contributed by atoms with E-state index in [1.54, 1.807) is 13.2 Å². The number of amides is 1. The Balaban J connectivity index is 1.80. The Morgan fingerprint density at radius 1 is 1.07 bits per heavy atom. The van der Waals surface area contributed by atoms with Gasteiger partial charge < -0.3 is 14.2 Å². The largest absolute Gasteiger partial charge is 0.497 e. The van der Waals surface area contributed by atoms with Gasteiger partial charge >= 0.3 is 0 Å². The summed E-state index contributed by atoms with van der Waals surface area (Å²) in [7, 11) is 1.62. The average molecular weight is 425 g/mol. The molecule has 0 N–H and O–H groups in total. The van der Waals surface area contributed by atoms with E-state index in [0.29, 0.717) is 17.9 Å². The summed E-state index contributed by atoms with van der Waals surface area (Å²) in [5.41, 5.74) is 2.89. The summed E-state index contributed by atoms with van der Waals surface area (Å²) in [5, 5.41) is 0.732. The minimum Gasteiger partial charge on any atom is -0.497 e. The smallest absolute Gasteiger partial charge is 0.254 e. The third-order valence-electron chi connectivity index (χ3n) is 5.15. The zero-order valence-electron chi connectivity index (χ0n) is 17.7. The second kappa shape index (κ2) is 10.9. The SMILES string of the molecule is CCCCCN(Cc1cccn1Cc1cccc(Cl)c1)C(=O)c1cccc(OC)c1. The van der Waals surface area contributed by atoms with Crippen molar-refractivity contribution in [3.8, 4) is 5.75 Å². The highest BCUT2D eigenvalue weighted by molar-refractivity contribution is 6.30. The lowest BCUT2D eigenvalue weighted by Gasteiger charge is -2.24. The first-order valence-corrected chi connectivity index (χ1v) is 10.8. The molecule has 2 aromatic carbocycles. The molecule has 0 bridgehead atoms. The van der Waals surface area contributed by atoms with Gasteiger partial charge in [-0.05, 0) is 54.4 Å². The van der Waals surface area contributed by atoms with Gasteiger partial charge in [-0.15, -0.1) is 0 Å². The first-order valence-electron chi connectivity index (χ1n) is 10.4. The van der Waals surface area contributed by atoms with Crippen LogP contribution in [0.4, 0.5) is 0 Å². The van der Waals surface area contributed by atoms with Crippen LogP contribution in [0.1, 0.15) is 47.8 Å². The molecule has 0 saturated heterocycles. The third-order valence-corrected chi connectivity index (χ3v) is 5.39. The molecule has 0 atom stereocenters. The molecular weight excluding hydrogens is 396 g/mol. The van der Waals surface area contributed by atoms with Crippen molar-refractivity contribution in [1.82, 2.24) is 9.47 Å². The monoisotopic (exact) mass is 424 g/mol. The van der Waals surface area contributed by atoms with Crippen molar-refractivity contribution in [3.63, 3.8) is 0 Å². The van der Waals surface area contributed by atoms with Crippen molar-refractivity contribution in [2.45, 2.75) is 39.3 Å². The fourth-order valence-electron chi connectivity index (χ4n) is 3.52. The molecule has 0 spiro atoms. The summed E-state index contributed by atoms with van der Waals surface area (Å²) in [6.45, 7) is 4.18. The lowest BCUT2D eigenvalue weighted by Crippen LogP contribution is -2.32. The van der Waals surface area contributed by atoms with E-state index >= 15 is 0 Å². The molecule has 0 radical (unpaired) electrons. The van der Waals surface area contributed by atoms with Gasteiger partial charge in [0.15, 0.2) is 0 Å². The maximum absolute atomic E-state index is 13.3. The van der Waals surface area contributed by atoms with E-state index in [9.17, 15) is 4.79 Å². The van der Waals surface area contributed by atoms with Gasteiger partial charge in [-0.2, -0.15) is 0 Å². The zero-order chi connectivity index (χ0) is 21.3. The average Bonchev–Trinajstić information content (AvgIpc) is 3.19. The van der Waals surface area contributed by atoms with E-state index in [0.717, 1.165) is 48.6 Å². The molecule has 0 saturated carbocycles. The molecule has 4 nitrogen and oxygen atoms in total. The fourth-order valence-corrected chi connectivity index (χ4v) is 3.73. The standard InChI is InChI=1S/C25H29ClN2O2/c1-3-4-5-14-28(25(29)21-10-7-13-24(17-21)30-2)19-23-12-8-15-27(23)18-20-9-6-11-22(26)16-20/h6-13,15-17H,3-5,14,18-19H2,1-2H3. The molecule has 3 rings (SSSR count). The molecular formula is C25H29ClN2O2. The summed E-state index contributed by atoms with van der Waals surface area (Å²) in [5.74, 6) is 0.721. The highest BCUT2D eigenvalue weighted by Gasteiger charge is 2.18. The van der Waals surface area contributed by atoms with Crippen molar-refractivity contribution < 1.29 is 9.53 Å². The molecule has 3 aromatic rings. The van der Waals surface area contributed by atoms with Gasteiger partial charge in [0.1, 0.15) is 5.75 Å². The Labute approximate surface area is 184 Å². The Morgan fingerprint density at radius 3 is 2.67 bits per heavy atom. The number of halogens is 1. The van der Waals surface area contributed by atoms with E-state index in [2.05, 4.69) is 29.8 Å². The van der Waals surface area contributed by atoms with Gasteiger partial charge in [0.2, 0.25) is 0 Å². The summed E-state index contributed by atoms with van der Waals surface area (Å²) >= 11 is 6.14. The Morgan fingerprint density at radius 2 is 1.90 bits per heavy atom. The number of rotatable bonds is 10. The summed E-state index contributed by atoms with van der Waals surface area (Å²) in [4.78, 5) is 15.2. The molecule has 0 unspecified atom stereocenters. The molecule has 1 aromatic heterocycles. The third kappa shape index (κ3) is 5.90. The van der Waals surface area contributed by atoms with Gasteiger partial charge in [-0.3, -0.25) is 4.79 Å². The normalized spacial score (nSPS) is 10.8. The van der Waals surface area contributed by atoms with Gasteiger partial charge in [-0.1, -0.05) is 49.6 Å². The minimum absolute atomic E-state index is 0.0282. The van der Waals surface area contributed by atoms with Crippen LogP contribution >= 0.6 is 11.6 Å². The van der Waals surface area contributed by atoms with Crippen molar-refractivity contribution in [2.75, 3.05) is 13.7 Å². The molecule has 0 fully saturated rings. The van der Waals surface area contributed by atoms with Crippen LogP contribution in [0.25, 0.3) is 0 Å². The van der Waals surface area contributed by atoms with Crippen molar-refractivity contribution >= 4 is 17.5 Å². The van der Waals surface area contributed by atoms with Crippen LogP contribution in [-0.4, -0.2) is 29.0 Å². The molecule has 0 aliphatic rings. The van der Waals surface area contributed by atoms with Crippen molar-refractivity contribution in [2.24, 2.45) is 0 Å². The second-order valence-electron chi connectivity index (χ2n) is 7.42. The lowest BCUT2D eigenvalue weighted by atomic mass is 10.1. The highest BCUT2D eigenvalue weighted by atomic mass is 35.5. The van der Waals surface area contributed by atoms with Gasteiger partial charge in [0.25, 0.3) is 5.91 Å². The predicted octanol–water partition coefficient (Wildman–Crippen LogP) is 6.03. The van der Waals surface area contributed by atoms with E-state index in [1.165, 1.54) is 0 Å². The second-order valence-corrected chi connectivity index (χ2v) is 7.86. The maximum Gasteiger partial charge on any atom is 0.254 e. The Bertz CT molecular complexity index is 967. The van der Waals surface area contributed by atoms with Crippen LogP contribution in [0, 0.1) is 0 Å². The number of benzene rings is 2. The molecule has 158 valence electrons. The first-order chi connectivity index (χ1) is 14.6. The number of carbonyl (C=O) groups is 1. The molecule has 1 amide bonds. The van der Waals surface area contributed by atoms with Gasteiger partial charge in [0, 0.05) is 35.6 Å². The van der Waals surface area contributed by atoms with Crippen LogP contribution in [0.5, 0.6) is 5.75 Å². The van der Waals surface area contributed by atoms with E-state index in [-0.39, 0.29) is 5.91 Å².